The van der Waals surface area contributed by atoms with E-state index < -0.39 is 0 Å². The first-order valence-electron chi connectivity index (χ1n) is 5.91. The van der Waals surface area contributed by atoms with Crippen LogP contribution in [0.25, 0.3) is 0 Å². The zero-order valence-electron chi connectivity index (χ0n) is 10.2. The Hall–Kier alpha value is -1.99. The molecule has 2 rings (SSSR count). The van der Waals surface area contributed by atoms with Crippen molar-refractivity contribution in [3.63, 3.8) is 0 Å². The molecule has 1 fully saturated rings. The van der Waals surface area contributed by atoms with E-state index in [0.29, 0.717) is 6.54 Å². The van der Waals surface area contributed by atoms with Gasteiger partial charge < -0.3 is 10.2 Å². The Bertz CT molecular complexity index is 418. The Kier molecular flexibility index (Phi) is 3.85. The van der Waals surface area contributed by atoms with Gasteiger partial charge in [0.15, 0.2) is 0 Å². The first-order chi connectivity index (χ1) is 8.65. The molecule has 0 radical (unpaired) electrons. The van der Waals surface area contributed by atoms with Gasteiger partial charge in [-0.25, -0.2) is 4.68 Å². The van der Waals surface area contributed by atoms with Gasteiger partial charge in [0.1, 0.15) is 12.9 Å². The Morgan fingerprint density at radius 2 is 2.33 bits per heavy atom. The molecule has 2 amide bonds. The zero-order valence-corrected chi connectivity index (χ0v) is 10.2. The quantitative estimate of drug-likeness (QED) is 0.729. The lowest BCUT2D eigenvalue weighted by molar-refractivity contribution is -0.134. The second kappa shape index (κ2) is 5.56. The summed E-state index contributed by atoms with van der Waals surface area (Å²) in [5, 5.41) is 13.5. The van der Waals surface area contributed by atoms with Gasteiger partial charge >= 0.3 is 0 Å². The molecular weight excluding hydrogens is 236 g/mol. The van der Waals surface area contributed by atoms with Crippen LogP contribution in [0, 0.1) is 0 Å². The average molecular weight is 252 g/mol. The van der Waals surface area contributed by atoms with E-state index in [0.717, 1.165) is 19.4 Å². The van der Waals surface area contributed by atoms with Gasteiger partial charge in [-0.3, -0.25) is 9.59 Å². The van der Waals surface area contributed by atoms with Crippen LogP contribution in [0.15, 0.2) is 6.33 Å². The molecule has 0 saturated carbocycles. The maximum atomic E-state index is 12.0. The number of nitrogens with one attached hydrogen (secondary N) is 1. The second-order valence-electron chi connectivity index (χ2n) is 4.39. The average Bonchev–Trinajstić information content (AvgIpc) is 2.81. The van der Waals surface area contributed by atoms with E-state index in [2.05, 4.69) is 20.8 Å². The molecule has 1 saturated heterocycles. The summed E-state index contributed by atoms with van der Waals surface area (Å²) in [5.41, 5.74) is 0. The van der Waals surface area contributed by atoms with E-state index in [1.54, 1.807) is 4.90 Å². The largest absolute Gasteiger partial charge is 0.352 e. The molecule has 8 heteroatoms. The molecule has 1 aromatic rings. The molecule has 1 unspecified atom stereocenters. The Morgan fingerprint density at radius 3 is 3.00 bits per heavy atom. The maximum Gasteiger partial charge on any atom is 0.244 e. The van der Waals surface area contributed by atoms with E-state index in [1.807, 2.05) is 0 Å². The Labute approximate surface area is 104 Å². The van der Waals surface area contributed by atoms with Gasteiger partial charge in [0.25, 0.3) is 0 Å². The third-order valence-corrected chi connectivity index (χ3v) is 2.87. The number of nitrogens with zero attached hydrogens (tertiary/aromatic N) is 5. The summed E-state index contributed by atoms with van der Waals surface area (Å²) in [6.07, 6.45) is 3.22. The molecule has 98 valence electrons. The van der Waals surface area contributed by atoms with Crippen molar-refractivity contribution in [3.05, 3.63) is 6.33 Å². The summed E-state index contributed by atoms with van der Waals surface area (Å²) in [6, 6.07) is 0.0501. The van der Waals surface area contributed by atoms with E-state index >= 15 is 0 Å². The standard InChI is InChI=1S/C10H16N6O2/c1-8(17)12-9-3-2-4-15(5-9)10(18)6-16-7-11-13-14-16/h7,9H,2-6H2,1H3,(H,12,17). The molecule has 0 bridgehead atoms. The van der Waals surface area contributed by atoms with Gasteiger partial charge in [0, 0.05) is 26.1 Å². The Morgan fingerprint density at radius 1 is 1.50 bits per heavy atom. The highest BCUT2D eigenvalue weighted by Gasteiger charge is 2.24. The number of hydrogen-bond acceptors (Lipinski definition) is 5. The van der Waals surface area contributed by atoms with Gasteiger partial charge in [-0.05, 0) is 23.3 Å². The number of tetrazole rings is 1. The van der Waals surface area contributed by atoms with Gasteiger partial charge in [0.2, 0.25) is 11.8 Å². The third-order valence-electron chi connectivity index (χ3n) is 2.87. The number of amides is 2. The van der Waals surface area contributed by atoms with Crippen LogP contribution in [0.1, 0.15) is 19.8 Å². The van der Waals surface area contributed by atoms with Crippen molar-refractivity contribution in [1.82, 2.24) is 30.4 Å². The predicted octanol–water partition coefficient (Wildman–Crippen LogP) is -1.20. The minimum atomic E-state index is -0.0604. The molecule has 1 aliphatic rings. The maximum absolute atomic E-state index is 12.0. The monoisotopic (exact) mass is 252 g/mol. The van der Waals surface area contributed by atoms with Crippen molar-refractivity contribution in [3.8, 4) is 0 Å². The molecule has 2 heterocycles. The summed E-state index contributed by atoms with van der Waals surface area (Å²) >= 11 is 0. The molecular formula is C10H16N6O2. The highest BCUT2D eigenvalue weighted by molar-refractivity contribution is 5.76. The minimum absolute atomic E-state index is 0.0302. The first kappa shape index (κ1) is 12.5. The lowest BCUT2D eigenvalue weighted by Crippen LogP contribution is -2.49. The fourth-order valence-corrected chi connectivity index (χ4v) is 2.10. The van der Waals surface area contributed by atoms with Crippen molar-refractivity contribution in [2.24, 2.45) is 0 Å². The second-order valence-corrected chi connectivity index (χ2v) is 4.39. The van der Waals surface area contributed by atoms with Crippen LogP contribution in [0.2, 0.25) is 0 Å². The van der Waals surface area contributed by atoms with Crippen molar-refractivity contribution in [1.29, 1.82) is 0 Å². The lowest BCUT2D eigenvalue weighted by atomic mass is 10.1. The summed E-state index contributed by atoms with van der Waals surface area (Å²) in [5.74, 6) is -0.0906. The highest BCUT2D eigenvalue weighted by atomic mass is 16.2. The number of piperidine rings is 1. The van der Waals surface area contributed by atoms with Gasteiger partial charge in [-0.15, -0.1) is 5.10 Å². The van der Waals surface area contributed by atoms with E-state index in [4.69, 9.17) is 0 Å². The number of hydrogen-bond donors (Lipinski definition) is 1. The van der Waals surface area contributed by atoms with E-state index in [9.17, 15) is 9.59 Å². The SMILES string of the molecule is CC(=O)NC1CCCN(C(=O)Cn2cnnn2)C1. The molecule has 1 N–H and O–H groups in total. The summed E-state index contributed by atoms with van der Waals surface area (Å²) in [6.45, 7) is 2.90. The molecule has 8 nitrogen and oxygen atoms in total. The van der Waals surface area contributed by atoms with Crippen LogP contribution in [-0.4, -0.2) is 56.1 Å². The number of aromatic nitrogens is 4. The summed E-state index contributed by atoms with van der Waals surface area (Å²) in [4.78, 5) is 24.7. The van der Waals surface area contributed by atoms with E-state index in [1.165, 1.54) is 17.9 Å². The molecule has 0 aliphatic carbocycles. The van der Waals surface area contributed by atoms with Crippen molar-refractivity contribution < 1.29 is 9.59 Å². The molecule has 0 aromatic carbocycles. The van der Waals surface area contributed by atoms with Gasteiger partial charge in [0.05, 0.1) is 0 Å². The topological polar surface area (TPSA) is 93.0 Å². The molecule has 1 aliphatic heterocycles. The molecule has 18 heavy (non-hydrogen) atoms. The van der Waals surface area contributed by atoms with Crippen LogP contribution < -0.4 is 5.32 Å². The van der Waals surface area contributed by atoms with Crippen LogP contribution in [0.4, 0.5) is 0 Å². The number of likely N-dealkylation sites (tertiary alicyclic amines) is 1. The highest BCUT2D eigenvalue weighted by Crippen LogP contribution is 2.10. The van der Waals surface area contributed by atoms with Gasteiger partial charge in [-0.2, -0.15) is 0 Å². The van der Waals surface area contributed by atoms with Crippen LogP contribution in [0.3, 0.4) is 0 Å². The first-order valence-corrected chi connectivity index (χ1v) is 5.91. The molecule has 1 atom stereocenters. The number of rotatable bonds is 3. The van der Waals surface area contributed by atoms with Crippen molar-refractivity contribution in [2.45, 2.75) is 32.4 Å². The van der Waals surface area contributed by atoms with Crippen molar-refractivity contribution in [2.75, 3.05) is 13.1 Å². The third kappa shape index (κ3) is 3.25. The molecule has 1 aromatic heterocycles. The van der Waals surface area contributed by atoms with Gasteiger partial charge in [-0.1, -0.05) is 0 Å². The fourth-order valence-electron chi connectivity index (χ4n) is 2.10. The lowest BCUT2D eigenvalue weighted by Gasteiger charge is -2.32. The molecule has 0 spiro atoms. The smallest absolute Gasteiger partial charge is 0.244 e. The van der Waals surface area contributed by atoms with Crippen molar-refractivity contribution >= 4 is 11.8 Å². The normalized spacial score (nSPS) is 19.6. The van der Waals surface area contributed by atoms with Crippen LogP contribution in [0.5, 0.6) is 0 Å². The van der Waals surface area contributed by atoms with Crippen LogP contribution in [-0.2, 0) is 16.1 Å². The predicted molar refractivity (Wildman–Crippen MR) is 61.2 cm³/mol. The summed E-state index contributed by atoms with van der Waals surface area (Å²) < 4.78 is 1.39. The number of carbonyl (C=O) groups is 2. The Balaban J connectivity index is 1.88. The minimum Gasteiger partial charge on any atom is -0.352 e. The summed E-state index contributed by atoms with van der Waals surface area (Å²) in [7, 11) is 0. The fraction of sp³-hybridized carbons (Fsp3) is 0.700. The van der Waals surface area contributed by atoms with E-state index in [-0.39, 0.29) is 24.4 Å². The van der Waals surface area contributed by atoms with Crippen LogP contribution >= 0.6 is 0 Å². The number of carbonyl (C=O) groups excluding carboxylic acids is 2. The zero-order chi connectivity index (χ0) is 13.0.